The van der Waals surface area contributed by atoms with Crippen molar-refractivity contribution in [2.75, 3.05) is 17.2 Å². The highest BCUT2D eigenvalue weighted by Gasteiger charge is 2.33. The lowest BCUT2D eigenvalue weighted by Gasteiger charge is -2.23. The first kappa shape index (κ1) is 20.9. The largest absolute Gasteiger partial charge is 0.322 e. The van der Waals surface area contributed by atoms with Crippen LogP contribution in [0.2, 0.25) is 0 Å². The van der Waals surface area contributed by atoms with Crippen molar-refractivity contribution >= 4 is 34.6 Å². The van der Waals surface area contributed by atoms with Crippen molar-refractivity contribution in [3.63, 3.8) is 0 Å². The van der Waals surface area contributed by atoms with Crippen LogP contribution in [0.25, 0.3) is 0 Å². The van der Waals surface area contributed by atoms with Crippen LogP contribution in [0.4, 0.5) is 20.6 Å². The van der Waals surface area contributed by atoms with Gasteiger partial charge >= 0.3 is 6.03 Å². The lowest BCUT2D eigenvalue weighted by molar-refractivity contribution is 0.102. The van der Waals surface area contributed by atoms with Gasteiger partial charge in [-0.2, -0.15) is 0 Å². The van der Waals surface area contributed by atoms with Gasteiger partial charge in [-0.15, -0.1) is 10.2 Å². The van der Waals surface area contributed by atoms with Crippen LogP contribution in [-0.4, -0.2) is 33.6 Å². The number of hydrogen-bond donors (Lipinski definition) is 2. The zero-order valence-electron chi connectivity index (χ0n) is 17.0. The molecule has 1 saturated heterocycles. The normalized spacial score (nSPS) is 15.7. The molecule has 9 heteroatoms. The number of carbonyl (C=O) groups excluding carboxylic acids is 2. The molecule has 0 spiro atoms. The van der Waals surface area contributed by atoms with Crippen molar-refractivity contribution in [1.29, 1.82) is 0 Å². The molecule has 0 bridgehead atoms. The first-order chi connectivity index (χ1) is 15.0. The first-order valence-corrected chi connectivity index (χ1v) is 10.9. The van der Waals surface area contributed by atoms with E-state index in [4.69, 9.17) is 0 Å². The number of rotatable bonds is 5. The zero-order chi connectivity index (χ0) is 21.8. The van der Waals surface area contributed by atoms with Gasteiger partial charge in [0.15, 0.2) is 0 Å². The summed E-state index contributed by atoms with van der Waals surface area (Å²) >= 11 is 1.14. The Hall–Kier alpha value is -3.33. The number of carbonyl (C=O) groups is 2. The van der Waals surface area contributed by atoms with E-state index < -0.39 is 11.7 Å². The van der Waals surface area contributed by atoms with Crippen molar-refractivity contribution < 1.29 is 14.0 Å². The van der Waals surface area contributed by atoms with Crippen LogP contribution in [0.5, 0.6) is 0 Å². The molecule has 0 radical (unpaired) electrons. The van der Waals surface area contributed by atoms with Crippen LogP contribution in [0.1, 0.15) is 46.2 Å². The molecule has 0 unspecified atom stereocenters. The van der Waals surface area contributed by atoms with Gasteiger partial charge in [0.1, 0.15) is 10.8 Å². The van der Waals surface area contributed by atoms with Gasteiger partial charge in [0.05, 0.1) is 6.04 Å². The smallest absolute Gasteiger partial charge is 0.320 e. The second kappa shape index (κ2) is 9.22. The molecule has 3 aromatic rings. The standard InChI is InChI=1S/C22H22FN5O2S/c1-2-14-8-10-16(11-9-14)25-22(30)28-12-4-7-18(28)20-26-27-21(31-20)19(29)24-17-6-3-5-15(23)13-17/h3,5-6,8-11,13,18H,2,4,7,12H2,1H3,(H,24,29)(H,25,30)/t18-/m1/s1. The lowest BCUT2D eigenvalue weighted by atomic mass is 10.1. The van der Waals surface area contributed by atoms with Crippen molar-refractivity contribution in [2.45, 2.75) is 32.2 Å². The summed E-state index contributed by atoms with van der Waals surface area (Å²) in [6.07, 6.45) is 2.54. The second-order valence-electron chi connectivity index (χ2n) is 7.24. The molecule has 3 amide bonds. The molecule has 2 heterocycles. The molecule has 1 aliphatic heterocycles. The molecular formula is C22H22FN5O2S. The molecule has 31 heavy (non-hydrogen) atoms. The number of aromatic nitrogens is 2. The number of halogens is 1. The summed E-state index contributed by atoms with van der Waals surface area (Å²) in [5, 5.41) is 14.5. The first-order valence-electron chi connectivity index (χ1n) is 10.1. The van der Waals surface area contributed by atoms with E-state index in [1.165, 1.54) is 23.8 Å². The molecule has 1 aromatic heterocycles. The Morgan fingerprint density at radius 3 is 2.68 bits per heavy atom. The van der Waals surface area contributed by atoms with Gasteiger partial charge in [0.2, 0.25) is 5.01 Å². The van der Waals surface area contributed by atoms with Gasteiger partial charge in [-0.3, -0.25) is 4.79 Å². The SMILES string of the molecule is CCc1ccc(NC(=O)N2CCC[C@@H]2c2nnc(C(=O)Nc3cccc(F)c3)s2)cc1. The fourth-order valence-corrected chi connectivity index (χ4v) is 4.38. The van der Waals surface area contributed by atoms with Gasteiger partial charge in [0.25, 0.3) is 5.91 Å². The predicted octanol–water partition coefficient (Wildman–Crippen LogP) is 4.86. The molecule has 2 aromatic carbocycles. The van der Waals surface area contributed by atoms with E-state index in [9.17, 15) is 14.0 Å². The zero-order valence-corrected chi connectivity index (χ0v) is 17.8. The van der Waals surface area contributed by atoms with Gasteiger partial charge < -0.3 is 15.5 Å². The topological polar surface area (TPSA) is 87.2 Å². The number of hydrogen-bond acceptors (Lipinski definition) is 5. The van der Waals surface area contributed by atoms with Gasteiger partial charge in [-0.1, -0.05) is 36.5 Å². The maximum atomic E-state index is 13.3. The minimum Gasteiger partial charge on any atom is -0.320 e. The maximum Gasteiger partial charge on any atom is 0.322 e. The van der Waals surface area contributed by atoms with Crippen LogP contribution >= 0.6 is 11.3 Å². The highest BCUT2D eigenvalue weighted by Crippen LogP contribution is 2.34. The Labute approximate surface area is 183 Å². The monoisotopic (exact) mass is 439 g/mol. The van der Waals surface area contributed by atoms with E-state index >= 15 is 0 Å². The Bertz CT molecular complexity index is 1090. The quantitative estimate of drug-likeness (QED) is 0.594. The average molecular weight is 440 g/mol. The summed E-state index contributed by atoms with van der Waals surface area (Å²) in [7, 11) is 0. The molecule has 7 nitrogen and oxygen atoms in total. The van der Waals surface area contributed by atoms with E-state index in [0.29, 0.717) is 17.2 Å². The number of aryl methyl sites for hydroxylation is 1. The van der Waals surface area contributed by atoms with Crippen LogP contribution < -0.4 is 10.6 Å². The number of urea groups is 1. The number of amides is 3. The number of benzene rings is 2. The minimum atomic E-state index is -0.459. The van der Waals surface area contributed by atoms with Gasteiger partial charge in [-0.05, 0) is 55.2 Å². The molecule has 1 fully saturated rings. The summed E-state index contributed by atoms with van der Waals surface area (Å²) in [5.74, 6) is -0.896. The fraction of sp³-hybridized carbons (Fsp3) is 0.273. The van der Waals surface area contributed by atoms with E-state index in [1.807, 2.05) is 24.3 Å². The van der Waals surface area contributed by atoms with Crippen molar-refractivity contribution in [3.05, 3.63) is 69.9 Å². The molecule has 160 valence electrons. The molecule has 0 saturated carbocycles. The number of nitrogens with one attached hydrogen (secondary N) is 2. The highest BCUT2D eigenvalue weighted by atomic mass is 32.1. The molecule has 1 atom stereocenters. The van der Waals surface area contributed by atoms with Gasteiger partial charge in [-0.25, -0.2) is 9.18 Å². The van der Waals surface area contributed by atoms with Crippen LogP contribution in [-0.2, 0) is 6.42 Å². The van der Waals surface area contributed by atoms with Crippen molar-refractivity contribution in [2.24, 2.45) is 0 Å². The Balaban J connectivity index is 1.43. The number of anilines is 2. The van der Waals surface area contributed by atoms with Crippen LogP contribution in [0.15, 0.2) is 48.5 Å². The molecule has 2 N–H and O–H groups in total. The summed E-state index contributed by atoms with van der Waals surface area (Å²) in [6.45, 7) is 2.69. The minimum absolute atomic E-state index is 0.168. The predicted molar refractivity (Wildman–Crippen MR) is 118 cm³/mol. The van der Waals surface area contributed by atoms with Crippen LogP contribution in [0.3, 0.4) is 0 Å². The Morgan fingerprint density at radius 1 is 1.13 bits per heavy atom. The Kier molecular flexibility index (Phi) is 6.22. The van der Waals surface area contributed by atoms with Gasteiger partial charge in [0, 0.05) is 17.9 Å². The fourth-order valence-electron chi connectivity index (χ4n) is 3.50. The van der Waals surface area contributed by atoms with Crippen molar-refractivity contribution in [3.8, 4) is 0 Å². The van der Waals surface area contributed by atoms with E-state index in [2.05, 4.69) is 27.8 Å². The lowest BCUT2D eigenvalue weighted by Crippen LogP contribution is -2.34. The third-order valence-corrected chi connectivity index (χ3v) is 6.15. The maximum absolute atomic E-state index is 13.3. The third kappa shape index (κ3) is 4.88. The molecule has 4 rings (SSSR count). The molecule has 0 aliphatic carbocycles. The van der Waals surface area contributed by atoms with Crippen molar-refractivity contribution in [1.82, 2.24) is 15.1 Å². The highest BCUT2D eigenvalue weighted by molar-refractivity contribution is 7.13. The summed E-state index contributed by atoms with van der Waals surface area (Å²) < 4.78 is 13.3. The van der Waals surface area contributed by atoms with E-state index in [0.717, 1.165) is 36.3 Å². The molecule has 1 aliphatic rings. The number of likely N-dealkylation sites (tertiary alicyclic amines) is 1. The van der Waals surface area contributed by atoms with Crippen LogP contribution in [0, 0.1) is 5.82 Å². The average Bonchev–Trinajstić information content (AvgIpc) is 3.44. The Morgan fingerprint density at radius 2 is 1.94 bits per heavy atom. The summed E-state index contributed by atoms with van der Waals surface area (Å²) in [5.41, 5.74) is 2.29. The molecular weight excluding hydrogens is 417 g/mol. The number of nitrogens with zero attached hydrogens (tertiary/aromatic N) is 3. The second-order valence-corrected chi connectivity index (χ2v) is 8.25. The third-order valence-electron chi connectivity index (χ3n) is 5.13. The summed E-state index contributed by atoms with van der Waals surface area (Å²) in [4.78, 5) is 27.0. The summed E-state index contributed by atoms with van der Waals surface area (Å²) in [6, 6.07) is 13.0. The van der Waals surface area contributed by atoms with E-state index in [-0.39, 0.29) is 17.1 Å². The van der Waals surface area contributed by atoms with E-state index in [1.54, 1.807) is 11.0 Å².